The van der Waals surface area contributed by atoms with E-state index in [-0.39, 0.29) is 0 Å². The van der Waals surface area contributed by atoms with Crippen LogP contribution in [-0.4, -0.2) is 0 Å². The summed E-state index contributed by atoms with van der Waals surface area (Å²) >= 11 is 7.39. The number of hydrogen-bond donors (Lipinski definition) is 0. The number of allylic oxidation sites excluding steroid dienone is 1. The summed E-state index contributed by atoms with van der Waals surface area (Å²) in [6.07, 6.45) is 0.811. The van der Waals surface area contributed by atoms with Gasteiger partial charge in [-0.15, -0.1) is 11.3 Å². The average molecular weight is 173 g/mol. The maximum atomic E-state index is 5.65. The third-order valence-electron chi connectivity index (χ3n) is 1.32. The molecule has 0 saturated carbocycles. The quantitative estimate of drug-likeness (QED) is 0.642. The molecule has 0 N–H and O–H groups in total. The molecule has 0 aliphatic heterocycles. The molecule has 0 bridgehead atoms. The third kappa shape index (κ3) is 1.86. The van der Waals surface area contributed by atoms with Crippen LogP contribution in [0.5, 0.6) is 0 Å². The molecule has 0 aliphatic carbocycles. The lowest BCUT2D eigenvalue weighted by atomic mass is 10.2. The Morgan fingerprint density at radius 2 is 2.50 bits per heavy atom. The van der Waals surface area contributed by atoms with Crippen molar-refractivity contribution in [3.8, 4) is 0 Å². The van der Waals surface area contributed by atoms with Gasteiger partial charge in [0.25, 0.3) is 0 Å². The van der Waals surface area contributed by atoms with Gasteiger partial charge >= 0.3 is 0 Å². The number of aryl methyl sites for hydroxylation is 1. The van der Waals surface area contributed by atoms with E-state index < -0.39 is 0 Å². The van der Waals surface area contributed by atoms with E-state index in [1.54, 1.807) is 11.3 Å². The summed E-state index contributed by atoms with van der Waals surface area (Å²) in [6.45, 7) is 5.73. The lowest BCUT2D eigenvalue weighted by molar-refractivity contribution is 1.27. The van der Waals surface area contributed by atoms with E-state index >= 15 is 0 Å². The molecule has 0 amide bonds. The van der Waals surface area contributed by atoms with Gasteiger partial charge in [-0.3, -0.25) is 0 Å². The lowest BCUT2D eigenvalue weighted by Crippen LogP contribution is -1.80. The normalized spacial score (nSPS) is 9.80. The fourth-order valence-electron chi connectivity index (χ4n) is 0.759. The predicted octanol–water partition coefficient (Wildman–Crippen LogP) is 3.35. The maximum Gasteiger partial charge on any atom is 0.0174 e. The Morgan fingerprint density at radius 1 is 1.80 bits per heavy atom. The second-order valence-electron chi connectivity index (χ2n) is 2.22. The van der Waals surface area contributed by atoms with Crippen LogP contribution in [0.4, 0.5) is 0 Å². The van der Waals surface area contributed by atoms with Gasteiger partial charge in [0.2, 0.25) is 0 Å². The Labute approximate surface area is 70.1 Å². The highest BCUT2D eigenvalue weighted by atomic mass is 35.5. The summed E-state index contributed by atoms with van der Waals surface area (Å²) in [5.74, 6) is 0. The summed E-state index contributed by atoms with van der Waals surface area (Å²) in [5, 5.41) is 2.79. The molecule has 0 aliphatic rings. The van der Waals surface area contributed by atoms with Crippen molar-refractivity contribution in [1.29, 1.82) is 0 Å². The predicted molar refractivity (Wildman–Crippen MR) is 47.8 cm³/mol. The Hall–Kier alpha value is -0.270. The smallest absolute Gasteiger partial charge is 0.0174 e. The highest BCUT2D eigenvalue weighted by Crippen LogP contribution is 2.19. The Bertz CT molecular complexity index is 237. The molecule has 0 atom stereocenters. The van der Waals surface area contributed by atoms with Crippen LogP contribution in [0.3, 0.4) is 0 Å². The van der Waals surface area contributed by atoms with E-state index in [4.69, 9.17) is 11.6 Å². The van der Waals surface area contributed by atoms with Crippen LogP contribution in [0.1, 0.15) is 10.4 Å². The first-order valence-corrected chi connectivity index (χ1v) is 4.32. The molecular formula is C8H9ClS. The van der Waals surface area contributed by atoms with Gasteiger partial charge < -0.3 is 0 Å². The fraction of sp³-hybridized carbons (Fsp3) is 0.250. The minimum atomic E-state index is 0.713. The molecule has 0 spiro atoms. The Kier molecular flexibility index (Phi) is 2.52. The highest BCUT2D eigenvalue weighted by molar-refractivity contribution is 7.10. The second kappa shape index (κ2) is 3.22. The van der Waals surface area contributed by atoms with Crippen molar-refractivity contribution < 1.29 is 0 Å². The van der Waals surface area contributed by atoms with Gasteiger partial charge in [0.15, 0.2) is 0 Å². The number of thiophene rings is 1. The minimum Gasteiger partial charge on any atom is -0.148 e. The average Bonchev–Trinajstić information content (AvgIpc) is 2.15. The molecule has 0 aromatic carbocycles. The Morgan fingerprint density at radius 3 is 2.90 bits per heavy atom. The van der Waals surface area contributed by atoms with Crippen LogP contribution in [-0.2, 0) is 6.42 Å². The first-order chi connectivity index (χ1) is 4.70. The van der Waals surface area contributed by atoms with Gasteiger partial charge in [0.05, 0.1) is 0 Å². The molecule has 0 nitrogen and oxygen atoms in total. The second-order valence-corrected chi connectivity index (χ2v) is 3.76. The van der Waals surface area contributed by atoms with Crippen LogP contribution in [0.25, 0.3) is 0 Å². The first-order valence-electron chi connectivity index (χ1n) is 3.06. The number of rotatable bonds is 2. The van der Waals surface area contributed by atoms with Crippen molar-refractivity contribution in [1.82, 2.24) is 0 Å². The van der Waals surface area contributed by atoms with Crippen molar-refractivity contribution in [2.24, 2.45) is 0 Å². The van der Waals surface area contributed by atoms with E-state index in [2.05, 4.69) is 24.9 Å². The first kappa shape index (κ1) is 7.83. The highest BCUT2D eigenvalue weighted by Gasteiger charge is 1.99. The molecule has 0 unspecified atom stereocenters. The summed E-state index contributed by atoms with van der Waals surface area (Å²) in [5.41, 5.74) is 1.31. The van der Waals surface area contributed by atoms with Crippen molar-refractivity contribution in [3.63, 3.8) is 0 Å². The summed E-state index contributed by atoms with van der Waals surface area (Å²) < 4.78 is 0. The molecule has 10 heavy (non-hydrogen) atoms. The molecule has 1 heterocycles. The Balaban J connectivity index is 2.74. The molecule has 0 fully saturated rings. The molecular weight excluding hydrogens is 164 g/mol. The monoisotopic (exact) mass is 172 g/mol. The van der Waals surface area contributed by atoms with Crippen LogP contribution >= 0.6 is 22.9 Å². The van der Waals surface area contributed by atoms with Crippen molar-refractivity contribution >= 4 is 22.9 Å². The van der Waals surface area contributed by atoms with Crippen molar-refractivity contribution in [3.05, 3.63) is 33.5 Å². The molecule has 2 heteroatoms. The standard InChI is InChI=1S/C8H9ClS/c1-6-3-4-10-8(6)5-7(2)9/h3-4H,2,5H2,1H3. The van der Waals surface area contributed by atoms with E-state index in [0.29, 0.717) is 5.03 Å². The molecule has 0 radical (unpaired) electrons. The molecule has 1 aromatic rings. The topological polar surface area (TPSA) is 0 Å². The molecule has 54 valence electrons. The van der Waals surface area contributed by atoms with Gasteiger partial charge in [0.1, 0.15) is 0 Å². The zero-order valence-corrected chi connectivity index (χ0v) is 7.43. The fourth-order valence-corrected chi connectivity index (χ4v) is 1.92. The van der Waals surface area contributed by atoms with Gasteiger partial charge in [-0.05, 0) is 23.9 Å². The minimum absolute atomic E-state index is 0.713. The summed E-state index contributed by atoms with van der Waals surface area (Å²) in [6, 6.07) is 2.10. The van der Waals surface area contributed by atoms with Gasteiger partial charge in [0, 0.05) is 16.3 Å². The summed E-state index contributed by atoms with van der Waals surface area (Å²) in [7, 11) is 0. The largest absolute Gasteiger partial charge is 0.148 e. The van der Waals surface area contributed by atoms with Gasteiger partial charge in [-0.1, -0.05) is 18.2 Å². The zero-order chi connectivity index (χ0) is 7.56. The van der Waals surface area contributed by atoms with E-state index in [1.807, 2.05) is 0 Å². The van der Waals surface area contributed by atoms with Crippen LogP contribution in [0, 0.1) is 6.92 Å². The van der Waals surface area contributed by atoms with E-state index in [1.165, 1.54) is 10.4 Å². The van der Waals surface area contributed by atoms with Gasteiger partial charge in [-0.25, -0.2) is 0 Å². The molecule has 1 rings (SSSR count). The summed E-state index contributed by atoms with van der Waals surface area (Å²) in [4.78, 5) is 1.32. The SMILES string of the molecule is C=C(Cl)Cc1sccc1C. The van der Waals surface area contributed by atoms with E-state index in [0.717, 1.165) is 6.42 Å². The molecule has 1 aromatic heterocycles. The number of hydrogen-bond acceptors (Lipinski definition) is 1. The lowest BCUT2D eigenvalue weighted by Gasteiger charge is -1.94. The van der Waals surface area contributed by atoms with Crippen LogP contribution in [0.15, 0.2) is 23.1 Å². The van der Waals surface area contributed by atoms with E-state index in [9.17, 15) is 0 Å². The molecule has 0 saturated heterocycles. The van der Waals surface area contributed by atoms with Crippen LogP contribution in [0.2, 0.25) is 0 Å². The van der Waals surface area contributed by atoms with Crippen molar-refractivity contribution in [2.45, 2.75) is 13.3 Å². The van der Waals surface area contributed by atoms with Gasteiger partial charge in [-0.2, -0.15) is 0 Å². The number of halogens is 1. The van der Waals surface area contributed by atoms with Crippen LogP contribution < -0.4 is 0 Å². The maximum absolute atomic E-state index is 5.65. The van der Waals surface area contributed by atoms with Crippen molar-refractivity contribution in [2.75, 3.05) is 0 Å². The zero-order valence-electron chi connectivity index (χ0n) is 5.86. The third-order valence-corrected chi connectivity index (χ3v) is 2.48.